The summed E-state index contributed by atoms with van der Waals surface area (Å²) < 4.78 is 0. The van der Waals surface area contributed by atoms with Gasteiger partial charge in [-0.3, -0.25) is 5.84 Å². The van der Waals surface area contributed by atoms with Gasteiger partial charge in [0.1, 0.15) is 0 Å². The van der Waals surface area contributed by atoms with Gasteiger partial charge in [0.25, 0.3) is 0 Å². The maximum Gasteiger partial charge on any atom is 0.414 e. The zero-order chi connectivity index (χ0) is 10.1. The molecule has 0 heterocycles. The van der Waals surface area contributed by atoms with Crippen molar-refractivity contribution in [1.82, 2.24) is 5.01 Å². The van der Waals surface area contributed by atoms with E-state index in [-0.39, 0.29) is 0 Å². The molecule has 0 amide bonds. The highest BCUT2D eigenvalue weighted by Gasteiger charge is 2.04. The summed E-state index contributed by atoms with van der Waals surface area (Å²) in [5, 5.41) is 16.3. The van der Waals surface area contributed by atoms with Crippen LogP contribution < -0.4 is 5.84 Å². The second kappa shape index (κ2) is 7.70. The van der Waals surface area contributed by atoms with Crippen LogP contribution in [0.5, 0.6) is 0 Å². The van der Waals surface area contributed by atoms with E-state index in [9.17, 15) is 0 Å². The van der Waals surface area contributed by atoms with E-state index in [2.05, 4.69) is 6.58 Å². The molecule has 0 fully saturated rings. The Hall–Kier alpha value is -1.40. The van der Waals surface area contributed by atoms with E-state index in [0.717, 1.165) is 6.54 Å². The van der Waals surface area contributed by atoms with E-state index in [1.54, 1.807) is 18.1 Å². The SMILES string of the molecule is C=CCN(C)N.O=C(O)C(=O)O. The number of hydrazine groups is 1. The molecule has 0 aliphatic rings. The lowest BCUT2D eigenvalue weighted by molar-refractivity contribution is -0.159. The molecule has 0 spiro atoms. The first-order valence-electron chi connectivity index (χ1n) is 2.94. The molecule has 0 bridgehead atoms. The molecular weight excluding hydrogens is 164 g/mol. The molecule has 0 aromatic carbocycles. The van der Waals surface area contributed by atoms with Crippen LogP contribution in [0.15, 0.2) is 12.7 Å². The number of rotatable bonds is 2. The standard InChI is InChI=1S/C4H10N2.C2H2O4/c1-3-4-6(2)5;3-1(4)2(5)6/h3H,1,4-5H2,2H3;(H,3,4)(H,5,6). The molecule has 0 unspecified atom stereocenters. The summed E-state index contributed by atoms with van der Waals surface area (Å²) in [7, 11) is 1.79. The molecular formula is C6H12N2O4. The predicted octanol–water partition coefficient (Wildman–Crippen LogP) is -0.866. The zero-order valence-corrected chi connectivity index (χ0v) is 6.73. The molecule has 0 rings (SSSR count). The second-order valence-corrected chi connectivity index (χ2v) is 1.84. The number of hydrogen-bond acceptors (Lipinski definition) is 4. The maximum atomic E-state index is 9.10. The van der Waals surface area contributed by atoms with Gasteiger partial charge in [-0.1, -0.05) is 6.08 Å². The van der Waals surface area contributed by atoms with Gasteiger partial charge >= 0.3 is 11.9 Å². The number of aliphatic carboxylic acids is 2. The smallest absolute Gasteiger partial charge is 0.414 e. The van der Waals surface area contributed by atoms with E-state index in [1.165, 1.54) is 0 Å². The van der Waals surface area contributed by atoms with E-state index < -0.39 is 11.9 Å². The van der Waals surface area contributed by atoms with Gasteiger partial charge in [-0.05, 0) is 0 Å². The Kier molecular flexibility index (Phi) is 8.48. The summed E-state index contributed by atoms with van der Waals surface area (Å²) in [6.07, 6.45) is 1.75. The summed E-state index contributed by atoms with van der Waals surface area (Å²) in [5.74, 6) is 1.52. The number of hydrogen-bond donors (Lipinski definition) is 3. The van der Waals surface area contributed by atoms with E-state index in [0.29, 0.717) is 0 Å². The molecule has 0 atom stereocenters. The lowest BCUT2D eigenvalue weighted by Crippen LogP contribution is -2.25. The van der Waals surface area contributed by atoms with Gasteiger partial charge in [-0.25, -0.2) is 14.6 Å². The molecule has 12 heavy (non-hydrogen) atoms. The van der Waals surface area contributed by atoms with Gasteiger partial charge < -0.3 is 10.2 Å². The fraction of sp³-hybridized carbons (Fsp3) is 0.333. The lowest BCUT2D eigenvalue weighted by Gasteiger charge is -2.01. The molecule has 0 aromatic rings. The summed E-state index contributed by atoms with van der Waals surface area (Å²) in [5.41, 5.74) is 0. The van der Waals surface area contributed by atoms with Gasteiger partial charge in [0.05, 0.1) is 0 Å². The van der Waals surface area contributed by atoms with Crippen molar-refractivity contribution in [2.24, 2.45) is 5.84 Å². The first-order valence-corrected chi connectivity index (χ1v) is 2.94. The Morgan fingerprint density at radius 3 is 1.83 bits per heavy atom. The van der Waals surface area contributed by atoms with Crippen molar-refractivity contribution in [2.45, 2.75) is 0 Å². The second-order valence-electron chi connectivity index (χ2n) is 1.84. The topological polar surface area (TPSA) is 104 Å². The Balaban J connectivity index is 0. The van der Waals surface area contributed by atoms with Crippen LogP contribution in [-0.2, 0) is 9.59 Å². The fourth-order valence-electron chi connectivity index (χ4n) is 0.204. The number of nitrogens with two attached hydrogens (primary N) is 1. The van der Waals surface area contributed by atoms with E-state index >= 15 is 0 Å². The quantitative estimate of drug-likeness (QED) is 0.219. The Labute approximate surface area is 69.9 Å². The molecule has 0 aliphatic heterocycles. The predicted molar refractivity (Wildman–Crippen MR) is 42.3 cm³/mol. The van der Waals surface area contributed by atoms with Crippen LogP contribution in [0.2, 0.25) is 0 Å². The summed E-state index contributed by atoms with van der Waals surface area (Å²) in [6, 6.07) is 0. The lowest BCUT2D eigenvalue weighted by atomic mass is 10.6. The first kappa shape index (κ1) is 13.2. The minimum Gasteiger partial charge on any atom is -0.473 e. The minimum absolute atomic E-state index is 0.750. The summed E-state index contributed by atoms with van der Waals surface area (Å²) >= 11 is 0. The zero-order valence-electron chi connectivity index (χ0n) is 6.73. The third kappa shape index (κ3) is 15.8. The molecule has 0 aromatic heterocycles. The van der Waals surface area contributed by atoms with Crippen LogP contribution in [0, 0.1) is 0 Å². The van der Waals surface area contributed by atoms with Gasteiger partial charge in [0.15, 0.2) is 0 Å². The van der Waals surface area contributed by atoms with Crippen molar-refractivity contribution in [2.75, 3.05) is 13.6 Å². The molecule has 0 saturated heterocycles. The van der Waals surface area contributed by atoms with Crippen molar-refractivity contribution in [3.8, 4) is 0 Å². The molecule has 6 heteroatoms. The minimum atomic E-state index is -1.82. The highest BCUT2D eigenvalue weighted by Crippen LogP contribution is 1.64. The van der Waals surface area contributed by atoms with Crippen molar-refractivity contribution >= 4 is 11.9 Å². The first-order chi connectivity index (χ1) is 5.41. The highest BCUT2D eigenvalue weighted by molar-refractivity contribution is 6.27. The molecule has 4 N–H and O–H groups in total. The molecule has 0 radical (unpaired) electrons. The number of carboxylic acid groups (broad SMARTS) is 2. The van der Waals surface area contributed by atoms with E-state index in [4.69, 9.17) is 25.6 Å². The van der Waals surface area contributed by atoms with Crippen molar-refractivity contribution < 1.29 is 19.8 Å². The van der Waals surface area contributed by atoms with Crippen LogP contribution in [0.25, 0.3) is 0 Å². The highest BCUT2D eigenvalue weighted by atomic mass is 16.4. The van der Waals surface area contributed by atoms with Gasteiger partial charge in [0.2, 0.25) is 0 Å². The molecule has 0 aliphatic carbocycles. The van der Waals surface area contributed by atoms with Crippen LogP contribution >= 0.6 is 0 Å². The largest absolute Gasteiger partial charge is 0.473 e. The Morgan fingerprint density at radius 2 is 1.83 bits per heavy atom. The van der Waals surface area contributed by atoms with Crippen LogP contribution in [0.3, 0.4) is 0 Å². The number of carbonyl (C=O) groups is 2. The third-order valence-corrected chi connectivity index (χ3v) is 0.600. The van der Waals surface area contributed by atoms with Crippen molar-refractivity contribution in [3.05, 3.63) is 12.7 Å². The Bertz CT molecular complexity index is 155. The summed E-state index contributed by atoms with van der Waals surface area (Å²) in [4.78, 5) is 18.2. The number of carboxylic acids is 2. The maximum absolute atomic E-state index is 9.10. The molecule has 70 valence electrons. The average molecular weight is 176 g/mol. The number of likely N-dealkylation sites (N-methyl/N-ethyl adjacent to an activating group) is 1. The third-order valence-electron chi connectivity index (χ3n) is 0.600. The van der Waals surface area contributed by atoms with Crippen LogP contribution in [0.1, 0.15) is 0 Å². The van der Waals surface area contributed by atoms with E-state index in [1.807, 2.05) is 0 Å². The van der Waals surface area contributed by atoms with Gasteiger partial charge in [-0.2, -0.15) is 0 Å². The Morgan fingerprint density at radius 1 is 1.50 bits per heavy atom. The average Bonchev–Trinajstić information content (AvgIpc) is 1.87. The van der Waals surface area contributed by atoms with Crippen LogP contribution in [0.4, 0.5) is 0 Å². The molecule has 0 saturated carbocycles. The van der Waals surface area contributed by atoms with Gasteiger partial charge in [0, 0.05) is 13.6 Å². The van der Waals surface area contributed by atoms with Crippen molar-refractivity contribution in [1.29, 1.82) is 0 Å². The summed E-state index contributed by atoms with van der Waals surface area (Å²) in [6.45, 7) is 4.23. The van der Waals surface area contributed by atoms with Gasteiger partial charge in [-0.15, -0.1) is 6.58 Å². The monoisotopic (exact) mass is 176 g/mol. The molecule has 6 nitrogen and oxygen atoms in total. The normalized spacial score (nSPS) is 8.25. The fourth-order valence-corrected chi connectivity index (χ4v) is 0.204. The number of nitrogens with zero attached hydrogens (tertiary/aromatic N) is 1. The van der Waals surface area contributed by atoms with Crippen molar-refractivity contribution in [3.63, 3.8) is 0 Å². The van der Waals surface area contributed by atoms with Crippen LogP contribution in [-0.4, -0.2) is 40.8 Å².